The molecule has 134 valence electrons. The predicted molar refractivity (Wildman–Crippen MR) is 100 cm³/mol. The van der Waals surface area contributed by atoms with E-state index in [4.69, 9.17) is 0 Å². The average molecular weight is 338 g/mol. The fourth-order valence-corrected chi connectivity index (χ4v) is 6.79. The zero-order chi connectivity index (χ0) is 16.9. The molecule has 1 saturated heterocycles. The number of amides is 1. The molecule has 1 aromatic carbocycles. The quantitative estimate of drug-likeness (QED) is 0.900. The fraction of sp³-hybridized carbons (Fsp3) is 0.682. The topological polar surface area (TPSA) is 32.3 Å². The van der Waals surface area contributed by atoms with Gasteiger partial charge in [0.05, 0.1) is 0 Å². The second-order valence-corrected chi connectivity index (χ2v) is 9.23. The van der Waals surface area contributed by atoms with Gasteiger partial charge in [-0.25, -0.2) is 0 Å². The number of hydrogen-bond donors (Lipinski definition) is 1. The van der Waals surface area contributed by atoms with E-state index in [0.29, 0.717) is 11.9 Å². The highest BCUT2D eigenvalue weighted by molar-refractivity contribution is 5.83. The number of benzene rings is 1. The van der Waals surface area contributed by atoms with E-state index in [1.807, 2.05) is 0 Å². The molecule has 1 aliphatic heterocycles. The molecular weight excluding hydrogens is 308 g/mol. The first kappa shape index (κ1) is 15.7. The first-order valence-corrected chi connectivity index (χ1v) is 10.3. The second kappa shape index (κ2) is 6.03. The Hall–Kier alpha value is -1.51. The summed E-state index contributed by atoms with van der Waals surface area (Å²) in [4.78, 5) is 15.7. The first-order chi connectivity index (χ1) is 12.2. The van der Waals surface area contributed by atoms with Crippen molar-refractivity contribution in [2.45, 2.75) is 57.4 Å². The molecule has 3 heteroatoms. The minimum Gasteiger partial charge on any atom is -0.367 e. The molecule has 0 aromatic heterocycles. The van der Waals surface area contributed by atoms with Crippen LogP contribution in [0.3, 0.4) is 0 Å². The molecule has 4 aliphatic carbocycles. The largest absolute Gasteiger partial charge is 0.367 e. The van der Waals surface area contributed by atoms with Crippen molar-refractivity contribution < 1.29 is 4.79 Å². The first-order valence-electron chi connectivity index (χ1n) is 10.3. The van der Waals surface area contributed by atoms with Crippen molar-refractivity contribution in [3.8, 4) is 0 Å². The number of carbonyl (C=O) groups is 1. The van der Waals surface area contributed by atoms with Gasteiger partial charge in [-0.3, -0.25) is 4.79 Å². The Morgan fingerprint density at radius 2 is 1.68 bits per heavy atom. The number of para-hydroxylation sites is 1. The van der Waals surface area contributed by atoms with Gasteiger partial charge in [0, 0.05) is 30.2 Å². The van der Waals surface area contributed by atoms with E-state index in [0.717, 1.165) is 30.8 Å². The van der Waals surface area contributed by atoms with Crippen molar-refractivity contribution in [1.29, 1.82) is 0 Å². The SMILES string of the molecule is O=C(NCC1CCCN1c1ccccc1)C12CC3CC(CC(C3)C1)C2. The van der Waals surface area contributed by atoms with Crippen LogP contribution in [0.4, 0.5) is 5.69 Å². The predicted octanol–water partition coefficient (Wildman–Crippen LogP) is 3.99. The van der Waals surface area contributed by atoms with Crippen LogP contribution < -0.4 is 10.2 Å². The summed E-state index contributed by atoms with van der Waals surface area (Å²) in [5, 5.41) is 3.40. The molecule has 4 saturated carbocycles. The van der Waals surface area contributed by atoms with Crippen molar-refractivity contribution in [1.82, 2.24) is 5.32 Å². The van der Waals surface area contributed by atoms with Gasteiger partial charge in [0.15, 0.2) is 0 Å². The summed E-state index contributed by atoms with van der Waals surface area (Å²) in [5.41, 5.74) is 1.29. The highest BCUT2D eigenvalue weighted by Crippen LogP contribution is 2.60. The molecule has 0 radical (unpaired) electrons. The third-order valence-corrected chi connectivity index (χ3v) is 7.48. The summed E-state index contributed by atoms with van der Waals surface area (Å²) >= 11 is 0. The molecule has 6 rings (SSSR count). The lowest BCUT2D eigenvalue weighted by Gasteiger charge is -2.55. The van der Waals surface area contributed by atoms with Gasteiger partial charge in [0.1, 0.15) is 0 Å². The van der Waals surface area contributed by atoms with Crippen LogP contribution in [0.2, 0.25) is 0 Å². The maximum Gasteiger partial charge on any atom is 0.226 e. The van der Waals surface area contributed by atoms with Gasteiger partial charge in [-0.2, -0.15) is 0 Å². The molecule has 5 fully saturated rings. The third kappa shape index (κ3) is 2.76. The summed E-state index contributed by atoms with van der Waals surface area (Å²) in [6.07, 6.45) is 10.1. The van der Waals surface area contributed by atoms with Crippen molar-refractivity contribution in [3.05, 3.63) is 30.3 Å². The lowest BCUT2D eigenvalue weighted by molar-refractivity contribution is -0.146. The number of anilines is 1. The van der Waals surface area contributed by atoms with Gasteiger partial charge in [0.25, 0.3) is 0 Å². The Bertz CT molecular complexity index is 605. The molecule has 1 atom stereocenters. The highest BCUT2D eigenvalue weighted by atomic mass is 16.2. The van der Waals surface area contributed by atoms with Crippen LogP contribution in [-0.4, -0.2) is 25.0 Å². The van der Waals surface area contributed by atoms with Crippen molar-refractivity contribution >= 4 is 11.6 Å². The van der Waals surface area contributed by atoms with Crippen LogP contribution in [0.5, 0.6) is 0 Å². The smallest absolute Gasteiger partial charge is 0.226 e. The average Bonchev–Trinajstić information content (AvgIpc) is 3.08. The van der Waals surface area contributed by atoms with Crippen LogP contribution in [0.25, 0.3) is 0 Å². The van der Waals surface area contributed by atoms with Crippen LogP contribution >= 0.6 is 0 Å². The molecule has 1 amide bonds. The standard InChI is InChI=1S/C22H30N2O/c25-21(22-12-16-9-17(13-22)11-18(10-16)14-22)23-15-20-7-4-8-24(20)19-5-2-1-3-6-19/h1-3,5-6,16-18,20H,4,7-15H2,(H,23,25). The summed E-state index contributed by atoms with van der Waals surface area (Å²) in [7, 11) is 0. The van der Waals surface area contributed by atoms with Gasteiger partial charge in [-0.15, -0.1) is 0 Å². The van der Waals surface area contributed by atoms with E-state index < -0.39 is 0 Å². The van der Waals surface area contributed by atoms with Crippen molar-refractivity contribution in [2.24, 2.45) is 23.2 Å². The van der Waals surface area contributed by atoms with Crippen molar-refractivity contribution in [2.75, 3.05) is 18.0 Å². The maximum absolute atomic E-state index is 13.2. The van der Waals surface area contributed by atoms with Crippen LogP contribution in [-0.2, 0) is 4.79 Å². The summed E-state index contributed by atoms with van der Waals surface area (Å²) < 4.78 is 0. The molecule has 5 aliphatic rings. The van der Waals surface area contributed by atoms with E-state index >= 15 is 0 Å². The minimum absolute atomic E-state index is 0.00900. The Balaban J connectivity index is 1.25. The van der Waals surface area contributed by atoms with Gasteiger partial charge in [-0.1, -0.05) is 18.2 Å². The zero-order valence-corrected chi connectivity index (χ0v) is 15.1. The molecule has 1 heterocycles. The van der Waals surface area contributed by atoms with E-state index in [-0.39, 0.29) is 5.41 Å². The van der Waals surface area contributed by atoms with Crippen LogP contribution in [0.15, 0.2) is 30.3 Å². The third-order valence-electron chi connectivity index (χ3n) is 7.48. The van der Waals surface area contributed by atoms with E-state index in [1.54, 1.807) is 0 Å². The number of hydrogen-bond acceptors (Lipinski definition) is 2. The Kier molecular flexibility index (Phi) is 3.79. The van der Waals surface area contributed by atoms with Gasteiger partial charge < -0.3 is 10.2 Å². The lowest BCUT2D eigenvalue weighted by atomic mass is 9.49. The molecule has 1 unspecified atom stereocenters. The fourth-order valence-electron chi connectivity index (χ4n) is 6.79. The molecule has 1 N–H and O–H groups in total. The number of carbonyl (C=O) groups excluding carboxylic acids is 1. The lowest BCUT2D eigenvalue weighted by Crippen LogP contribution is -2.55. The minimum atomic E-state index is -0.00900. The van der Waals surface area contributed by atoms with Gasteiger partial charge in [-0.05, 0) is 81.3 Å². The monoisotopic (exact) mass is 338 g/mol. The molecule has 0 spiro atoms. The number of nitrogens with one attached hydrogen (secondary N) is 1. The number of nitrogens with zero attached hydrogens (tertiary/aromatic N) is 1. The van der Waals surface area contributed by atoms with E-state index in [2.05, 4.69) is 40.5 Å². The van der Waals surface area contributed by atoms with E-state index in [1.165, 1.54) is 57.1 Å². The highest BCUT2D eigenvalue weighted by Gasteiger charge is 2.54. The molecular formula is C22H30N2O. The van der Waals surface area contributed by atoms with E-state index in [9.17, 15) is 4.79 Å². The molecule has 1 aromatic rings. The Labute approximate surface area is 151 Å². The molecule has 25 heavy (non-hydrogen) atoms. The zero-order valence-electron chi connectivity index (χ0n) is 15.1. The Morgan fingerprint density at radius 3 is 2.32 bits per heavy atom. The van der Waals surface area contributed by atoms with Gasteiger partial charge in [0.2, 0.25) is 5.91 Å². The molecule has 4 bridgehead atoms. The van der Waals surface area contributed by atoms with Gasteiger partial charge >= 0.3 is 0 Å². The molecule has 3 nitrogen and oxygen atoms in total. The van der Waals surface area contributed by atoms with Crippen molar-refractivity contribution in [3.63, 3.8) is 0 Å². The maximum atomic E-state index is 13.2. The normalized spacial score (nSPS) is 39.0. The summed E-state index contributed by atoms with van der Waals surface area (Å²) in [6.45, 7) is 1.93. The number of rotatable bonds is 4. The second-order valence-electron chi connectivity index (χ2n) is 9.23. The van der Waals surface area contributed by atoms with Crippen LogP contribution in [0, 0.1) is 23.2 Å². The summed E-state index contributed by atoms with van der Waals surface area (Å²) in [6, 6.07) is 11.1. The summed E-state index contributed by atoms with van der Waals surface area (Å²) in [5.74, 6) is 2.89. The Morgan fingerprint density at radius 1 is 1.04 bits per heavy atom. The van der Waals surface area contributed by atoms with Crippen LogP contribution in [0.1, 0.15) is 51.4 Å².